The molecule has 0 spiro atoms. The van der Waals surface area contributed by atoms with Crippen molar-refractivity contribution < 1.29 is 14.3 Å². The zero-order chi connectivity index (χ0) is 30.1. The number of rotatable bonds is 2. The van der Waals surface area contributed by atoms with Crippen LogP contribution in [0.1, 0.15) is 11.1 Å². The predicted octanol–water partition coefficient (Wildman–Crippen LogP) is 4.20. The van der Waals surface area contributed by atoms with Crippen molar-refractivity contribution in [2.45, 2.75) is 29.0 Å². The fourth-order valence-electron chi connectivity index (χ4n) is 7.01. The summed E-state index contributed by atoms with van der Waals surface area (Å²) in [6.45, 7) is -0.573. The summed E-state index contributed by atoms with van der Waals surface area (Å²) in [6.07, 6.45) is 0. The first-order chi connectivity index (χ1) is 20.8. The molecule has 0 atom stereocenters. The van der Waals surface area contributed by atoms with Crippen LogP contribution in [0, 0.1) is 0 Å². The van der Waals surface area contributed by atoms with Crippen molar-refractivity contribution in [3.8, 4) is 0 Å². The van der Waals surface area contributed by atoms with Crippen molar-refractivity contribution in [3.63, 3.8) is 0 Å². The third kappa shape index (κ3) is 3.53. The lowest BCUT2D eigenvalue weighted by Crippen LogP contribution is -2.65. The molecule has 5 heterocycles. The molecule has 43 heavy (non-hydrogen) atoms. The van der Waals surface area contributed by atoms with Gasteiger partial charge in [-0.1, -0.05) is 108 Å². The molecule has 220 valence electrons. The number of aromatic nitrogens is 2. The van der Waals surface area contributed by atoms with E-state index >= 15 is 0 Å². The number of hydrogen-bond acceptors (Lipinski definition) is 5. The standard InChI is InChI=1S/C28H22N6O5.CHCl3/c35-23-21-13-7-8-14-22(21)24(36)34-16-30-26(38)32-18-39-17-31-25(37)29(15-33(23)34)27(30,19-9-3-1-4-10-19)28(31,32)20-11-5-2-6-12-20;2-1(3)4/h1-14H,15-18H2;1H. The molecule has 0 aliphatic carbocycles. The third-order valence-electron chi connectivity index (χ3n) is 8.46. The molecule has 0 N–H and O–H groups in total. The molecule has 0 unspecified atom stereocenters. The van der Waals surface area contributed by atoms with E-state index < -0.39 is 38.8 Å². The Bertz CT molecular complexity index is 1790. The van der Waals surface area contributed by atoms with Crippen molar-refractivity contribution in [2.24, 2.45) is 0 Å². The number of fused-ring (bicyclic) bond motifs is 2. The van der Waals surface area contributed by atoms with Crippen molar-refractivity contribution in [3.05, 3.63) is 117 Å². The zero-order valence-electron chi connectivity index (χ0n) is 22.3. The lowest BCUT2D eigenvalue weighted by molar-refractivity contribution is -0.180. The number of hydrogen-bond donors (Lipinski definition) is 0. The van der Waals surface area contributed by atoms with Crippen LogP contribution in [-0.2, 0) is 29.4 Å². The van der Waals surface area contributed by atoms with Crippen LogP contribution in [-0.4, -0.2) is 58.8 Å². The zero-order valence-corrected chi connectivity index (χ0v) is 24.6. The molecule has 4 aliphatic rings. The van der Waals surface area contributed by atoms with E-state index in [-0.39, 0.29) is 37.6 Å². The molecule has 0 saturated carbocycles. The highest BCUT2D eigenvalue weighted by Crippen LogP contribution is 2.63. The molecule has 4 aromatic rings. The number of benzene rings is 3. The molecule has 3 fully saturated rings. The van der Waals surface area contributed by atoms with Gasteiger partial charge in [0, 0.05) is 11.1 Å². The Morgan fingerprint density at radius 2 is 0.907 bits per heavy atom. The minimum absolute atomic E-state index is 0.0458. The van der Waals surface area contributed by atoms with Crippen molar-refractivity contribution >= 4 is 57.6 Å². The smallest absolute Gasteiger partial charge is 0.327 e. The average Bonchev–Trinajstić information content (AvgIpc) is 3.29. The van der Waals surface area contributed by atoms with Crippen LogP contribution in [0.15, 0.2) is 94.5 Å². The lowest BCUT2D eigenvalue weighted by Gasteiger charge is -2.50. The Kier molecular flexibility index (Phi) is 6.47. The lowest BCUT2D eigenvalue weighted by atomic mass is 9.80. The van der Waals surface area contributed by atoms with Crippen LogP contribution >= 0.6 is 34.8 Å². The van der Waals surface area contributed by atoms with E-state index in [1.807, 2.05) is 60.7 Å². The van der Waals surface area contributed by atoms with Gasteiger partial charge in [0.05, 0.1) is 10.8 Å². The normalized spacial score (nSPS) is 23.7. The van der Waals surface area contributed by atoms with Gasteiger partial charge in [-0.2, -0.15) is 0 Å². The number of carbonyl (C=O) groups excluding carboxylic acids is 2. The quantitative estimate of drug-likeness (QED) is 0.306. The van der Waals surface area contributed by atoms with Gasteiger partial charge in [-0.3, -0.25) is 29.2 Å². The molecule has 1 aromatic heterocycles. The highest BCUT2D eigenvalue weighted by Gasteiger charge is 2.81. The number of urea groups is 2. The summed E-state index contributed by atoms with van der Waals surface area (Å²) in [4.78, 5) is 62.7. The van der Waals surface area contributed by atoms with Crippen molar-refractivity contribution in [1.82, 2.24) is 29.0 Å². The van der Waals surface area contributed by atoms with Crippen LogP contribution in [0.25, 0.3) is 10.8 Å². The molecule has 11 nitrogen and oxygen atoms in total. The van der Waals surface area contributed by atoms with E-state index in [4.69, 9.17) is 39.5 Å². The first-order valence-electron chi connectivity index (χ1n) is 13.3. The van der Waals surface area contributed by atoms with Gasteiger partial charge < -0.3 is 4.74 Å². The van der Waals surface area contributed by atoms with Gasteiger partial charge in [0.1, 0.15) is 26.8 Å². The number of amides is 4. The first kappa shape index (κ1) is 27.8. The predicted molar refractivity (Wildman–Crippen MR) is 159 cm³/mol. The molecule has 8 rings (SSSR count). The van der Waals surface area contributed by atoms with Crippen LogP contribution in [0.3, 0.4) is 0 Å². The van der Waals surface area contributed by atoms with E-state index in [1.54, 1.807) is 43.9 Å². The number of alkyl halides is 3. The number of carbonyl (C=O) groups is 2. The van der Waals surface area contributed by atoms with E-state index in [1.165, 1.54) is 9.36 Å². The maximum atomic E-state index is 14.4. The maximum Gasteiger partial charge on any atom is 0.327 e. The van der Waals surface area contributed by atoms with Gasteiger partial charge >= 0.3 is 12.1 Å². The molecule has 3 aromatic carbocycles. The molecule has 3 saturated heterocycles. The Morgan fingerprint density at radius 1 is 0.558 bits per heavy atom. The molecule has 4 aliphatic heterocycles. The van der Waals surface area contributed by atoms with Gasteiger partial charge in [0.25, 0.3) is 11.1 Å². The SMILES string of the molecule is ClC(Cl)Cl.O=C1N2COCN3C(=O)N4Cn5c(=O)c6ccccc6c(=O)n5CN1C4(c1ccccc1)C23c1ccccc1. The summed E-state index contributed by atoms with van der Waals surface area (Å²) in [5, 5.41) is 0.515. The highest BCUT2D eigenvalue weighted by atomic mass is 35.6. The Morgan fingerprint density at radius 3 is 1.30 bits per heavy atom. The Balaban J connectivity index is 0.000000709. The van der Waals surface area contributed by atoms with Gasteiger partial charge in [-0.15, -0.1) is 0 Å². The van der Waals surface area contributed by atoms with E-state index in [0.29, 0.717) is 5.56 Å². The van der Waals surface area contributed by atoms with Crippen LogP contribution in [0.4, 0.5) is 9.59 Å². The largest absolute Gasteiger partial charge is 0.340 e. The highest BCUT2D eigenvalue weighted by molar-refractivity contribution is 6.63. The fourth-order valence-corrected chi connectivity index (χ4v) is 7.01. The first-order valence-corrected chi connectivity index (χ1v) is 14.6. The molecule has 0 bridgehead atoms. The Hall–Kier alpha value is -4.03. The monoisotopic (exact) mass is 640 g/mol. The molecular weight excluding hydrogens is 619 g/mol. The summed E-state index contributed by atoms with van der Waals surface area (Å²) in [7, 11) is 0. The summed E-state index contributed by atoms with van der Waals surface area (Å²) in [5.74, 6) is 0. The van der Waals surface area contributed by atoms with Gasteiger partial charge in [0.15, 0.2) is 15.6 Å². The second-order valence-electron chi connectivity index (χ2n) is 10.3. The number of halogens is 3. The number of nitrogens with zero attached hydrogens (tertiary/aromatic N) is 6. The summed E-state index contributed by atoms with van der Waals surface area (Å²) >= 11 is 14.4. The van der Waals surface area contributed by atoms with Crippen molar-refractivity contribution in [1.29, 1.82) is 0 Å². The number of ether oxygens (including phenoxy) is 1. The maximum absolute atomic E-state index is 14.4. The molecule has 4 amide bonds. The average molecular weight is 642 g/mol. The van der Waals surface area contributed by atoms with Gasteiger partial charge in [0.2, 0.25) is 0 Å². The fraction of sp³-hybridized carbons (Fsp3) is 0.241. The summed E-state index contributed by atoms with van der Waals surface area (Å²) in [6, 6.07) is 24.5. The minimum atomic E-state index is -1.42. The van der Waals surface area contributed by atoms with Crippen molar-refractivity contribution in [2.75, 3.05) is 13.5 Å². The van der Waals surface area contributed by atoms with Gasteiger partial charge in [-0.25, -0.2) is 19.0 Å². The third-order valence-corrected chi connectivity index (χ3v) is 8.46. The van der Waals surface area contributed by atoms with E-state index in [0.717, 1.165) is 5.56 Å². The van der Waals surface area contributed by atoms with Crippen LogP contribution in [0.5, 0.6) is 0 Å². The summed E-state index contributed by atoms with van der Waals surface area (Å²) in [5.41, 5.74) is -2.17. The second kappa shape index (κ2) is 10.0. The van der Waals surface area contributed by atoms with E-state index in [9.17, 15) is 19.2 Å². The molecule has 0 radical (unpaired) electrons. The summed E-state index contributed by atoms with van der Waals surface area (Å²) < 4.78 is 7.60. The van der Waals surface area contributed by atoms with Crippen LogP contribution < -0.4 is 11.1 Å². The second-order valence-corrected chi connectivity index (χ2v) is 12.3. The van der Waals surface area contributed by atoms with Crippen LogP contribution in [0.2, 0.25) is 0 Å². The Labute approximate surface area is 259 Å². The van der Waals surface area contributed by atoms with E-state index in [2.05, 4.69) is 0 Å². The molecular formula is C29H23Cl3N6O5. The minimum Gasteiger partial charge on any atom is -0.340 e. The topological polar surface area (TPSA) is 100 Å². The molecule has 14 heteroatoms. The van der Waals surface area contributed by atoms with Gasteiger partial charge in [-0.05, 0) is 12.1 Å².